The van der Waals surface area contributed by atoms with Crippen LogP contribution < -0.4 is 56.7 Å². The Morgan fingerprint density at radius 3 is 2.40 bits per heavy atom. The van der Waals surface area contributed by atoms with Crippen LogP contribution in [0.2, 0.25) is 0 Å². The van der Waals surface area contributed by atoms with Crippen molar-refractivity contribution in [3.63, 3.8) is 0 Å². The van der Waals surface area contributed by atoms with Crippen molar-refractivity contribution in [3.05, 3.63) is 0 Å². The van der Waals surface area contributed by atoms with Gasteiger partial charge in [0, 0.05) is 6.04 Å². The predicted octanol–water partition coefficient (Wildman–Crippen LogP) is -1.82. The Labute approximate surface area is 106 Å². The first-order chi connectivity index (χ1) is 4.43. The van der Waals surface area contributed by atoms with Gasteiger partial charge in [0.1, 0.15) is 0 Å². The molecule has 10 heavy (non-hydrogen) atoms. The third-order valence-electron chi connectivity index (χ3n) is 1.91. The van der Waals surface area contributed by atoms with Gasteiger partial charge in [0.25, 0.3) is 0 Å². The van der Waals surface area contributed by atoms with Crippen LogP contribution in [0.25, 0.3) is 0 Å². The molecule has 0 aromatic carbocycles. The summed E-state index contributed by atoms with van der Waals surface area (Å²) in [6.07, 6.45) is 7.08. The molecule has 1 N–H and O–H groups in total. The van der Waals surface area contributed by atoms with E-state index in [9.17, 15) is 4.79 Å². The second kappa shape index (κ2) is 6.79. The first-order valence-corrected chi connectivity index (χ1v) is 3.63. The molecular weight excluding hydrogens is 153 g/mol. The molecule has 0 radical (unpaired) electrons. The summed E-state index contributed by atoms with van der Waals surface area (Å²) in [5.74, 6) is 0. The smallest absolute Gasteiger partial charge is 1.00 e. The van der Waals surface area contributed by atoms with Crippen molar-refractivity contribution in [1.29, 1.82) is 0 Å². The van der Waals surface area contributed by atoms with E-state index in [0.29, 0.717) is 6.04 Å². The molecule has 1 aliphatic rings. The molecule has 0 aliphatic heterocycles. The van der Waals surface area contributed by atoms with Gasteiger partial charge in [-0.25, -0.2) is 0 Å². The second-order valence-electron chi connectivity index (χ2n) is 2.62. The summed E-state index contributed by atoms with van der Waals surface area (Å²) < 4.78 is 0. The molecule has 0 spiro atoms. The molecule has 0 saturated heterocycles. The van der Waals surface area contributed by atoms with Crippen molar-refractivity contribution >= 4 is 6.41 Å². The van der Waals surface area contributed by atoms with E-state index in [-0.39, 0.29) is 52.8 Å². The normalized spacial score (nSPS) is 19.2. The fourth-order valence-electron chi connectivity index (χ4n) is 1.37. The summed E-state index contributed by atoms with van der Waals surface area (Å²) in [4.78, 5) is 9.96. The molecule has 2 nitrogen and oxygen atoms in total. The molecule has 3 heteroatoms. The zero-order valence-corrected chi connectivity index (χ0v) is 9.72. The molecule has 54 valence electrons. The van der Waals surface area contributed by atoms with E-state index >= 15 is 0 Å². The van der Waals surface area contributed by atoms with Gasteiger partial charge in [-0.3, -0.25) is 4.79 Å². The summed E-state index contributed by atoms with van der Waals surface area (Å²) in [6.45, 7) is 0. The van der Waals surface area contributed by atoms with E-state index in [1.807, 2.05) is 0 Å². The van der Waals surface area contributed by atoms with Crippen LogP contribution in [-0.4, -0.2) is 12.5 Å². The Bertz CT molecular complexity index is 96.4. The van der Waals surface area contributed by atoms with Gasteiger partial charge in [-0.15, -0.1) is 0 Å². The first-order valence-electron chi connectivity index (χ1n) is 3.63. The van der Waals surface area contributed by atoms with Crippen LogP contribution in [-0.2, 0) is 4.79 Å². The van der Waals surface area contributed by atoms with E-state index in [1.54, 1.807) is 0 Å². The molecule has 0 heterocycles. The molecule has 0 bridgehead atoms. The van der Waals surface area contributed by atoms with Gasteiger partial charge in [-0.1, -0.05) is 19.3 Å². The molecule has 1 fully saturated rings. The number of rotatable bonds is 2. The second-order valence-corrected chi connectivity index (χ2v) is 2.62. The summed E-state index contributed by atoms with van der Waals surface area (Å²) in [6, 6.07) is 0.483. The Morgan fingerprint density at radius 1 is 1.30 bits per heavy atom. The minimum Gasteiger partial charge on any atom is -1.00 e. The van der Waals surface area contributed by atoms with Crippen LogP contribution in [0.1, 0.15) is 33.5 Å². The van der Waals surface area contributed by atoms with E-state index in [4.69, 9.17) is 0 Å². The van der Waals surface area contributed by atoms with Crippen LogP contribution in [0.4, 0.5) is 0 Å². The Kier molecular flexibility index (Phi) is 7.55. The summed E-state index contributed by atoms with van der Waals surface area (Å²) in [5, 5.41) is 2.80. The summed E-state index contributed by atoms with van der Waals surface area (Å²) in [5.41, 5.74) is 0. The van der Waals surface area contributed by atoms with Crippen molar-refractivity contribution in [2.45, 2.75) is 38.1 Å². The van der Waals surface area contributed by atoms with Crippen LogP contribution >= 0.6 is 0 Å². The maximum Gasteiger partial charge on any atom is 1.00 e. The Balaban J connectivity index is 0. The number of amides is 1. The SMILES string of the molecule is O=CNC1CCCCC1.[H-].[K+]. The van der Waals surface area contributed by atoms with E-state index in [2.05, 4.69) is 5.32 Å². The maximum absolute atomic E-state index is 9.96. The maximum atomic E-state index is 9.96. The van der Waals surface area contributed by atoms with Gasteiger partial charge < -0.3 is 6.74 Å². The molecule has 1 amide bonds. The Hall–Kier alpha value is 1.11. The van der Waals surface area contributed by atoms with Gasteiger partial charge in [0.05, 0.1) is 0 Å². The number of hydrogen-bond acceptors (Lipinski definition) is 1. The van der Waals surface area contributed by atoms with Gasteiger partial charge in [0.2, 0.25) is 6.41 Å². The quantitative estimate of drug-likeness (QED) is 0.381. The van der Waals surface area contributed by atoms with E-state index in [1.165, 1.54) is 32.1 Å². The van der Waals surface area contributed by atoms with Crippen LogP contribution in [0.5, 0.6) is 0 Å². The van der Waals surface area contributed by atoms with Crippen LogP contribution in [0.3, 0.4) is 0 Å². The molecule has 1 saturated carbocycles. The summed E-state index contributed by atoms with van der Waals surface area (Å²) in [7, 11) is 0. The minimum absolute atomic E-state index is 0. The summed E-state index contributed by atoms with van der Waals surface area (Å²) >= 11 is 0. The van der Waals surface area contributed by atoms with Gasteiger partial charge in [0.15, 0.2) is 0 Å². The van der Waals surface area contributed by atoms with E-state index < -0.39 is 0 Å². The number of carbonyl (C=O) groups is 1. The van der Waals surface area contributed by atoms with Gasteiger partial charge in [-0.2, -0.15) is 0 Å². The zero-order valence-electron chi connectivity index (χ0n) is 7.60. The standard InChI is InChI=1S/C7H13NO.K.H/c9-6-8-7-4-2-1-3-5-7;;/h6-7H,1-5H2,(H,8,9);;/q;+1;-1. The fourth-order valence-corrected chi connectivity index (χ4v) is 1.37. The molecule has 0 atom stereocenters. The Morgan fingerprint density at radius 2 is 1.90 bits per heavy atom. The van der Waals surface area contributed by atoms with Crippen molar-refractivity contribution < 1.29 is 57.6 Å². The third-order valence-corrected chi connectivity index (χ3v) is 1.91. The van der Waals surface area contributed by atoms with Crippen molar-refractivity contribution in [3.8, 4) is 0 Å². The number of carbonyl (C=O) groups excluding carboxylic acids is 1. The van der Waals surface area contributed by atoms with Gasteiger partial charge in [-0.05, 0) is 12.8 Å². The van der Waals surface area contributed by atoms with Crippen molar-refractivity contribution in [1.82, 2.24) is 5.32 Å². The van der Waals surface area contributed by atoms with Gasteiger partial charge >= 0.3 is 51.4 Å². The topological polar surface area (TPSA) is 29.1 Å². The number of nitrogens with one attached hydrogen (secondary N) is 1. The predicted molar refractivity (Wildman–Crippen MR) is 37.2 cm³/mol. The van der Waals surface area contributed by atoms with Crippen molar-refractivity contribution in [2.75, 3.05) is 0 Å². The molecule has 0 aromatic rings. The fraction of sp³-hybridized carbons (Fsp3) is 0.857. The van der Waals surface area contributed by atoms with Crippen molar-refractivity contribution in [2.24, 2.45) is 0 Å². The third kappa shape index (κ3) is 4.08. The first kappa shape index (κ1) is 11.1. The average molecular weight is 167 g/mol. The minimum atomic E-state index is 0. The molecule has 1 rings (SSSR count). The molecular formula is C7H14KNO. The monoisotopic (exact) mass is 167 g/mol. The molecule has 0 unspecified atom stereocenters. The zero-order chi connectivity index (χ0) is 6.53. The average Bonchev–Trinajstić information content (AvgIpc) is 1.91. The van der Waals surface area contributed by atoms with E-state index in [0.717, 1.165) is 6.41 Å². The van der Waals surface area contributed by atoms with Crippen LogP contribution in [0.15, 0.2) is 0 Å². The van der Waals surface area contributed by atoms with Crippen LogP contribution in [0, 0.1) is 0 Å². The molecule has 1 aliphatic carbocycles. The number of hydrogen-bond donors (Lipinski definition) is 1. The largest absolute Gasteiger partial charge is 1.00 e. The molecule has 0 aromatic heterocycles.